The first-order valence-electron chi connectivity index (χ1n) is 7.88. The smallest absolute Gasteiger partial charge is 0.262 e. The summed E-state index contributed by atoms with van der Waals surface area (Å²) in [7, 11) is 3.01. The quantitative estimate of drug-likeness (QED) is 0.742. The van der Waals surface area contributed by atoms with Crippen LogP contribution >= 0.6 is 0 Å². The average Bonchev–Trinajstić information content (AvgIpc) is 2.66. The zero-order valence-corrected chi connectivity index (χ0v) is 14.8. The molecule has 7 heteroatoms. The molecular formula is C19H20N2O5. The molecule has 0 radical (unpaired) electrons. The molecule has 2 rings (SSSR count). The number of rotatable bonds is 7. The molecule has 26 heavy (non-hydrogen) atoms. The Balaban J connectivity index is 1.96. The summed E-state index contributed by atoms with van der Waals surface area (Å²) in [6.45, 7) is 1.23. The summed E-state index contributed by atoms with van der Waals surface area (Å²) in [6, 6.07) is 11.2. The van der Waals surface area contributed by atoms with Gasteiger partial charge >= 0.3 is 0 Å². The molecule has 0 saturated carbocycles. The van der Waals surface area contributed by atoms with Crippen molar-refractivity contribution in [3.05, 3.63) is 53.6 Å². The standard InChI is InChI=1S/C19H20N2O5/c1-12(22)14-6-9-16(17(10-14)25-3)26-11-18(23)21-15-7-4-13(5-8-15)19(24)20-2/h4-10H,11H2,1-3H3,(H,20,24)(H,21,23). The van der Waals surface area contributed by atoms with Gasteiger partial charge in [0, 0.05) is 23.9 Å². The van der Waals surface area contributed by atoms with Crippen molar-refractivity contribution in [3.8, 4) is 11.5 Å². The molecular weight excluding hydrogens is 336 g/mol. The predicted molar refractivity (Wildman–Crippen MR) is 97.0 cm³/mol. The molecule has 0 bridgehead atoms. The van der Waals surface area contributed by atoms with E-state index in [-0.39, 0.29) is 24.2 Å². The number of hydrogen-bond donors (Lipinski definition) is 2. The van der Waals surface area contributed by atoms with Crippen molar-refractivity contribution in [1.82, 2.24) is 5.32 Å². The molecule has 0 aliphatic carbocycles. The predicted octanol–water partition coefficient (Wildman–Crippen LogP) is 2.27. The summed E-state index contributed by atoms with van der Waals surface area (Å²) >= 11 is 0. The van der Waals surface area contributed by atoms with Crippen LogP contribution in [0, 0.1) is 0 Å². The number of nitrogens with one attached hydrogen (secondary N) is 2. The Morgan fingerprint density at radius 3 is 2.19 bits per heavy atom. The second kappa shape index (κ2) is 8.66. The van der Waals surface area contributed by atoms with E-state index in [1.54, 1.807) is 49.5 Å². The molecule has 0 aliphatic rings. The second-order valence-corrected chi connectivity index (χ2v) is 5.42. The fourth-order valence-electron chi connectivity index (χ4n) is 2.20. The van der Waals surface area contributed by atoms with Gasteiger partial charge in [-0.3, -0.25) is 14.4 Å². The molecule has 2 N–H and O–H groups in total. The molecule has 7 nitrogen and oxygen atoms in total. The lowest BCUT2D eigenvalue weighted by molar-refractivity contribution is -0.118. The van der Waals surface area contributed by atoms with Gasteiger partial charge in [-0.05, 0) is 49.4 Å². The number of anilines is 1. The highest BCUT2D eigenvalue weighted by Crippen LogP contribution is 2.28. The van der Waals surface area contributed by atoms with Gasteiger partial charge in [-0.15, -0.1) is 0 Å². The van der Waals surface area contributed by atoms with Gasteiger partial charge in [-0.1, -0.05) is 0 Å². The van der Waals surface area contributed by atoms with Gasteiger partial charge in [0.2, 0.25) is 0 Å². The maximum Gasteiger partial charge on any atom is 0.262 e. The fourth-order valence-corrected chi connectivity index (χ4v) is 2.20. The molecule has 2 aromatic rings. The summed E-state index contributed by atoms with van der Waals surface area (Å²) in [5, 5.41) is 5.20. The van der Waals surface area contributed by atoms with Crippen LogP contribution in [0.5, 0.6) is 11.5 Å². The Labute approximate surface area is 151 Å². The summed E-state index contributed by atoms with van der Waals surface area (Å²) in [5.41, 5.74) is 1.54. The van der Waals surface area contributed by atoms with Crippen LogP contribution in [0.4, 0.5) is 5.69 Å². The Morgan fingerprint density at radius 2 is 1.62 bits per heavy atom. The average molecular weight is 356 g/mol. The van der Waals surface area contributed by atoms with Gasteiger partial charge in [0.25, 0.3) is 11.8 Å². The summed E-state index contributed by atoms with van der Waals surface area (Å²) in [5.74, 6) is 0.0820. The minimum Gasteiger partial charge on any atom is -0.493 e. The second-order valence-electron chi connectivity index (χ2n) is 5.42. The van der Waals surface area contributed by atoms with E-state index in [2.05, 4.69) is 10.6 Å². The van der Waals surface area contributed by atoms with E-state index in [4.69, 9.17) is 9.47 Å². The Morgan fingerprint density at radius 1 is 0.962 bits per heavy atom. The van der Waals surface area contributed by atoms with Crippen LogP contribution in [0.15, 0.2) is 42.5 Å². The van der Waals surface area contributed by atoms with Crippen molar-refractivity contribution >= 4 is 23.3 Å². The Bertz CT molecular complexity index is 815. The van der Waals surface area contributed by atoms with Gasteiger partial charge < -0.3 is 20.1 Å². The first-order chi connectivity index (χ1) is 12.4. The topological polar surface area (TPSA) is 93.7 Å². The number of carbonyl (C=O) groups is 3. The first-order valence-corrected chi connectivity index (χ1v) is 7.88. The van der Waals surface area contributed by atoms with Gasteiger partial charge in [0.05, 0.1) is 7.11 Å². The number of benzene rings is 2. The molecule has 0 aliphatic heterocycles. The summed E-state index contributed by atoms with van der Waals surface area (Å²) < 4.78 is 10.6. The van der Waals surface area contributed by atoms with Crippen LogP contribution < -0.4 is 20.1 Å². The van der Waals surface area contributed by atoms with Crippen LogP contribution in [0.2, 0.25) is 0 Å². The van der Waals surface area contributed by atoms with E-state index in [9.17, 15) is 14.4 Å². The summed E-state index contributed by atoms with van der Waals surface area (Å²) in [6.07, 6.45) is 0. The lowest BCUT2D eigenvalue weighted by Crippen LogP contribution is -2.21. The van der Waals surface area contributed by atoms with Gasteiger partial charge in [-0.2, -0.15) is 0 Å². The van der Waals surface area contributed by atoms with E-state index in [1.807, 2.05) is 0 Å². The minimum atomic E-state index is -0.365. The van der Waals surface area contributed by atoms with E-state index in [1.165, 1.54) is 14.0 Å². The van der Waals surface area contributed by atoms with Gasteiger partial charge in [-0.25, -0.2) is 0 Å². The normalized spacial score (nSPS) is 9.96. The van der Waals surface area contributed by atoms with Gasteiger partial charge in [0.1, 0.15) is 0 Å². The SMILES string of the molecule is CNC(=O)c1ccc(NC(=O)COc2ccc(C(C)=O)cc2OC)cc1. The third kappa shape index (κ3) is 4.83. The molecule has 2 aromatic carbocycles. The zero-order valence-electron chi connectivity index (χ0n) is 14.8. The van der Waals surface area contributed by atoms with Crippen molar-refractivity contribution in [1.29, 1.82) is 0 Å². The van der Waals surface area contributed by atoms with Crippen LogP contribution in [0.3, 0.4) is 0 Å². The summed E-state index contributed by atoms with van der Waals surface area (Å²) in [4.78, 5) is 34.9. The zero-order chi connectivity index (χ0) is 19.1. The van der Waals surface area contributed by atoms with Crippen molar-refractivity contribution in [2.45, 2.75) is 6.92 Å². The number of carbonyl (C=O) groups excluding carboxylic acids is 3. The fraction of sp³-hybridized carbons (Fsp3) is 0.211. The van der Waals surface area contributed by atoms with Crippen molar-refractivity contribution in [2.75, 3.05) is 26.1 Å². The van der Waals surface area contributed by atoms with Crippen LogP contribution in [-0.4, -0.2) is 38.4 Å². The van der Waals surface area contributed by atoms with E-state index >= 15 is 0 Å². The third-order valence-electron chi connectivity index (χ3n) is 3.59. The molecule has 0 unspecified atom stereocenters. The van der Waals surface area contributed by atoms with Crippen molar-refractivity contribution in [3.63, 3.8) is 0 Å². The van der Waals surface area contributed by atoms with E-state index in [0.29, 0.717) is 28.3 Å². The Kier molecular flexibility index (Phi) is 6.32. The Hall–Kier alpha value is -3.35. The molecule has 0 aromatic heterocycles. The number of ketones is 1. The van der Waals surface area contributed by atoms with Gasteiger partial charge in [0.15, 0.2) is 23.9 Å². The van der Waals surface area contributed by atoms with Crippen LogP contribution in [0.1, 0.15) is 27.6 Å². The minimum absolute atomic E-state index is 0.0900. The molecule has 136 valence electrons. The van der Waals surface area contributed by atoms with E-state index in [0.717, 1.165) is 0 Å². The first kappa shape index (κ1) is 19.0. The number of methoxy groups -OCH3 is 1. The number of hydrogen-bond acceptors (Lipinski definition) is 5. The van der Waals surface area contributed by atoms with Crippen LogP contribution in [0.25, 0.3) is 0 Å². The molecule has 0 spiro atoms. The highest BCUT2D eigenvalue weighted by molar-refractivity contribution is 5.96. The molecule has 0 fully saturated rings. The van der Waals surface area contributed by atoms with Crippen LogP contribution in [-0.2, 0) is 4.79 Å². The number of Topliss-reactive ketones (excluding diaryl/α,β-unsaturated/α-hetero) is 1. The highest BCUT2D eigenvalue weighted by atomic mass is 16.5. The van der Waals surface area contributed by atoms with Crippen molar-refractivity contribution < 1.29 is 23.9 Å². The number of amides is 2. The monoisotopic (exact) mass is 356 g/mol. The maximum absolute atomic E-state index is 12.0. The van der Waals surface area contributed by atoms with E-state index < -0.39 is 0 Å². The lowest BCUT2D eigenvalue weighted by Gasteiger charge is -2.12. The van der Waals surface area contributed by atoms with Crippen molar-refractivity contribution in [2.24, 2.45) is 0 Å². The lowest BCUT2D eigenvalue weighted by atomic mass is 10.1. The highest BCUT2D eigenvalue weighted by Gasteiger charge is 2.11. The molecule has 0 atom stereocenters. The molecule has 0 heterocycles. The maximum atomic E-state index is 12.0. The largest absolute Gasteiger partial charge is 0.493 e. The molecule has 0 saturated heterocycles. The molecule has 2 amide bonds. The number of ether oxygens (including phenoxy) is 2. The third-order valence-corrected chi connectivity index (χ3v) is 3.59.